The van der Waals surface area contributed by atoms with Crippen LogP contribution in [0, 0.1) is 11.6 Å². The third-order valence-corrected chi connectivity index (χ3v) is 2.55. The van der Waals surface area contributed by atoms with Crippen molar-refractivity contribution in [1.29, 1.82) is 0 Å². The lowest BCUT2D eigenvalue weighted by Gasteiger charge is -2.10. The van der Waals surface area contributed by atoms with Crippen molar-refractivity contribution in [3.05, 3.63) is 29.3 Å². The quantitative estimate of drug-likeness (QED) is 0.670. The van der Waals surface area contributed by atoms with Crippen LogP contribution in [0.1, 0.15) is 12.0 Å². The molecule has 0 radical (unpaired) electrons. The molecule has 0 spiro atoms. The van der Waals surface area contributed by atoms with Crippen LogP contribution in [0.4, 0.5) is 8.78 Å². The molecule has 20 heavy (non-hydrogen) atoms. The molecule has 1 aromatic rings. The second-order valence-electron chi connectivity index (χ2n) is 4.23. The summed E-state index contributed by atoms with van der Waals surface area (Å²) in [5, 5.41) is 2.83. The van der Waals surface area contributed by atoms with Gasteiger partial charge in [0.05, 0.1) is 6.61 Å². The van der Waals surface area contributed by atoms with E-state index in [0.717, 1.165) is 6.42 Å². The van der Waals surface area contributed by atoms with Crippen LogP contribution in [0.15, 0.2) is 12.1 Å². The minimum absolute atomic E-state index is 0.103. The molecule has 1 rings (SSSR count). The van der Waals surface area contributed by atoms with Gasteiger partial charge in [0.15, 0.2) is 17.4 Å². The average Bonchev–Trinajstić information content (AvgIpc) is 2.40. The lowest BCUT2D eigenvalue weighted by Crippen LogP contribution is -2.11. The van der Waals surface area contributed by atoms with Gasteiger partial charge in [0, 0.05) is 26.9 Å². The van der Waals surface area contributed by atoms with Crippen LogP contribution in [0.3, 0.4) is 0 Å². The summed E-state index contributed by atoms with van der Waals surface area (Å²) in [5.41, 5.74) is 0.533. The molecule has 0 aromatic heterocycles. The minimum Gasteiger partial charge on any atom is -0.485 e. The van der Waals surface area contributed by atoms with Crippen molar-refractivity contribution >= 4 is 0 Å². The zero-order chi connectivity index (χ0) is 14.8. The fourth-order valence-electron chi connectivity index (χ4n) is 1.67. The van der Waals surface area contributed by atoms with Crippen LogP contribution >= 0.6 is 0 Å². The Hall–Kier alpha value is -1.24. The Balaban J connectivity index is 2.36. The van der Waals surface area contributed by atoms with Crippen LogP contribution < -0.4 is 10.1 Å². The highest BCUT2D eigenvalue weighted by Gasteiger charge is 2.12. The van der Waals surface area contributed by atoms with Crippen molar-refractivity contribution in [2.24, 2.45) is 0 Å². The Morgan fingerprint density at radius 1 is 1.05 bits per heavy atom. The van der Waals surface area contributed by atoms with E-state index in [1.54, 1.807) is 14.2 Å². The number of nitrogens with one attached hydrogen (secondary N) is 1. The molecule has 0 aliphatic heterocycles. The highest BCUT2D eigenvalue weighted by molar-refractivity contribution is 5.31. The molecular weight excluding hydrogens is 268 g/mol. The number of benzene rings is 1. The Bertz CT molecular complexity index is 379. The molecule has 0 amide bonds. The summed E-state index contributed by atoms with van der Waals surface area (Å²) < 4.78 is 42.5. The maximum atomic E-state index is 13.7. The zero-order valence-electron chi connectivity index (χ0n) is 11.9. The third-order valence-electron chi connectivity index (χ3n) is 2.55. The van der Waals surface area contributed by atoms with Crippen molar-refractivity contribution < 1.29 is 23.0 Å². The minimum atomic E-state index is -0.699. The first kappa shape index (κ1) is 16.8. The molecule has 0 fully saturated rings. The first-order chi connectivity index (χ1) is 9.69. The summed E-state index contributed by atoms with van der Waals surface area (Å²) in [7, 11) is 3.33. The standard InChI is InChI=1S/C14H21F2NO3/c1-17-10-11-8-12(15)14(13(16)9-11)20-7-6-19-5-3-4-18-2/h8-9,17H,3-7,10H2,1-2H3. The van der Waals surface area contributed by atoms with Gasteiger partial charge in [0.2, 0.25) is 0 Å². The first-order valence-corrected chi connectivity index (χ1v) is 6.51. The molecule has 0 bridgehead atoms. The monoisotopic (exact) mass is 289 g/mol. The van der Waals surface area contributed by atoms with Gasteiger partial charge in [0.25, 0.3) is 0 Å². The SMILES string of the molecule is CNCc1cc(F)c(OCCOCCCOC)c(F)c1. The molecule has 0 saturated heterocycles. The largest absolute Gasteiger partial charge is 0.485 e. The Morgan fingerprint density at radius 2 is 1.75 bits per heavy atom. The van der Waals surface area contributed by atoms with Gasteiger partial charge in [-0.3, -0.25) is 0 Å². The molecule has 0 aliphatic carbocycles. The van der Waals surface area contributed by atoms with Crippen LogP contribution in [-0.2, 0) is 16.0 Å². The molecule has 0 aliphatic rings. The predicted octanol–water partition coefficient (Wildman–Crippen LogP) is 2.12. The van der Waals surface area contributed by atoms with Crippen molar-refractivity contribution in [1.82, 2.24) is 5.32 Å². The normalized spacial score (nSPS) is 10.8. The molecule has 4 nitrogen and oxygen atoms in total. The molecule has 114 valence electrons. The van der Waals surface area contributed by atoms with Gasteiger partial charge in [0.1, 0.15) is 6.61 Å². The van der Waals surface area contributed by atoms with Gasteiger partial charge in [-0.25, -0.2) is 8.78 Å². The number of ether oxygens (including phenoxy) is 3. The second kappa shape index (κ2) is 9.63. The van der Waals surface area contributed by atoms with E-state index in [4.69, 9.17) is 14.2 Å². The third kappa shape index (κ3) is 5.81. The van der Waals surface area contributed by atoms with Crippen LogP contribution in [0.5, 0.6) is 5.75 Å². The zero-order valence-corrected chi connectivity index (χ0v) is 11.9. The van der Waals surface area contributed by atoms with E-state index in [-0.39, 0.29) is 19.0 Å². The Morgan fingerprint density at radius 3 is 2.35 bits per heavy atom. The summed E-state index contributed by atoms with van der Waals surface area (Å²) in [6.07, 6.45) is 0.776. The molecular formula is C14H21F2NO3. The Kier molecular flexibility index (Phi) is 8.10. The van der Waals surface area contributed by atoms with E-state index in [0.29, 0.717) is 25.3 Å². The fraction of sp³-hybridized carbons (Fsp3) is 0.571. The van der Waals surface area contributed by atoms with E-state index in [1.165, 1.54) is 12.1 Å². The van der Waals surface area contributed by atoms with Gasteiger partial charge < -0.3 is 19.5 Å². The smallest absolute Gasteiger partial charge is 0.190 e. The molecule has 1 aromatic carbocycles. The van der Waals surface area contributed by atoms with E-state index in [2.05, 4.69) is 5.32 Å². The molecule has 6 heteroatoms. The summed E-state index contributed by atoms with van der Waals surface area (Å²) >= 11 is 0. The summed E-state index contributed by atoms with van der Waals surface area (Å²) in [5.74, 6) is -1.75. The molecule has 0 saturated carbocycles. The van der Waals surface area contributed by atoms with Gasteiger partial charge in [-0.05, 0) is 31.2 Å². The predicted molar refractivity (Wildman–Crippen MR) is 71.9 cm³/mol. The van der Waals surface area contributed by atoms with Crippen molar-refractivity contribution in [3.63, 3.8) is 0 Å². The van der Waals surface area contributed by atoms with E-state index in [9.17, 15) is 8.78 Å². The number of hydrogen-bond donors (Lipinski definition) is 1. The number of methoxy groups -OCH3 is 1. The van der Waals surface area contributed by atoms with Crippen LogP contribution in [0.25, 0.3) is 0 Å². The lowest BCUT2D eigenvalue weighted by atomic mass is 10.2. The number of halogens is 2. The summed E-state index contributed by atoms with van der Waals surface area (Å²) in [4.78, 5) is 0. The highest BCUT2D eigenvalue weighted by atomic mass is 19.1. The highest BCUT2D eigenvalue weighted by Crippen LogP contribution is 2.23. The summed E-state index contributed by atoms with van der Waals surface area (Å²) in [6.45, 7) is 1.93. The fourth-order valence-corrected chi connectivity index (χ4v) is 1.67. The maximum absolute atomic E-state index is 13.7. The summed E-state index contributed by atoms with van der Waals surface area (Å²) in [6, 6.07) is 2.52. The van der Waals surface area contributed by atoms with E-state index < -0.39 is 11.6 Å². The van der Waals surface area contributed by atoms with E-state index >= 15 is 0 Å². The van der Waals surface area contributed by atoms with Crippen molar-refractivity contribution in [2.45, 2.75) is 13.0 Å². The molecule has 0 unspecified atom stereocenters. The van der Waals surface area contributed by atoms with Gasteiger partial charge in [-0.1, -0.05) is 0 Å². The first-order valence-electron chi connectivity index (χ1n) is 6.51. The van der Waals surface area contributed by atoms with Crippen LogP contribution in [-0.4, -0.2) is 40.6 Å². The lowest BCUT2D eigenvalue weighted by molar-refractivity contribution is 0.0786. The maximum Gasteiger partial charge on any atom is 0.190 e. The van der Waals surface area contributed by atoms with Crippen molar-refractivity contribution in [3.8, 4) is 5.75 Å². The second-order valence-corrected chi connectivity index (χ2v) is 4.23. The molecule has 1 N–H and O–H groups in total. The van der Waals surface area contributed by atoms with Gasteiger partial charge in [-0.2, -0.15) is 0 Å². The molecule has 0 heterocycles. The van der Waals surface area contributed by atoms with Crippen LogP contribution in [0.2, 0.25) is 0 Å². The average molecular weight is 289 g/mol. The number of rotatable bonds is 10. The van der Waals surface area contributed by atoms with Gasteiger partial charge >= 0.3 is 0 Å². The number of hydrogen-bond acceptors (Lipinski definition) is 4. The van der Waals surface area contributed by atoms with Gasteiger partial charge in [-0.15, -0.1) is 0 Å². The topological polar surface area (TPSA) is 39.7 Å². The molecule has 0 atom stereocenters. The van der Waals surface area contributed by atoms with Crippen molar-refractivity contribution in [2.75, 3.05) is 40.6 Å². The van der Waals surface area contributed by atoms with E-state index in [1.807, 2.05) is 0 Å². The Labute approximate surface area is 118 Å².